The number of methoxy groups -OCH3 is 1. The van der Waals surface area contributed by atoms with Gasteiger partial charge in [-0.1, -0.05) is 19.1 Å². The zero-order valence-corrected chi connectivity index (χ0v) is 25.4. The number of nitrogens with zero attached hydrogens (tertiary/aromatic N) is 1. The van der Waals surface area contributed by atoms with Gasteiger partial charge in [-0.25, -0.2) is 13.6 Å². The van der Waals surface area contributed by atoms with Gasteiger partial charge in [0.2, 0.25) is 0 Å². The molecule has 16 heteroatoms. The Balaban J connectivity index is 1.68. The van der Waals surface area contributed by atoms with E-state index in [2.05, 4.69) is 5.32 Å². The highest BCUT2D eigenvalue weighted by Crippen LogP contribution is 2.40. The molecule has 3 aromatic rings. The molecule has 2 atom stereocenters. The number of esters is 1. The molecule has 2 aromatic carbocycles. The number of fused-ring (bicyclic) bond motifs is 1. The highest BCUT2D eigenvalue weighted by Gasteiger charge is 2.39. The van der Waals surface area contributed by atoms with Crippen molar-refractivity contribution < 1.29 is 54.2 Å². The number of rotatable bonds is 9. The monoisotopic (exact) mass is 675 g/mol. The van der Waals surface area contributed by atoms with E-state index < -0.39 is 82.3 Å². The van der Waals surface area contributed by atoms with E-state index >= 15 is 0 Å². The minimum atomic E-state index is -4.87. The number of halogens is 8. The zero-order valence-electron chi connectivity index (χ0n) is 25.4. The molecule has 2 N–H and O–H groups in total. The molecule has 0 spiro atoms. The molecule has 0 fully saturated rings. The first-order chi connectivity index (χ1) is 21.9. The predicted octanol–water partition coefficient (Wildman–Crippen LogP) is 5.95. The van der Waals surface area contributed by atoms with Crippen molar-refractivity contribution in [2.45, 2.75) is 64.3 Å². The van der Waals surface area contributed by atoms with E-state index in [0.717, 1.165) is 17.7 Å². The lowest BCUT2D eigenvalue weighted by Gasteiger charge is -2.22. The van der Waals surface area contributed by atoms with Gasteiger partial charge in [-0.2, -0.15) is 26.3 Å². The van der Waals surface area contributed by atoms with Gasteiger partial charge < -0.3 is 24.7 Å². The standard InChI is InChI=1S/C31H29F8N3O5/c1-5-24(31(37,38)39)40-16-10-21(32)26(22(33)11-16)27(43)41-23(29(45)46-4)9-15-6-7-17(19-13-47-12-18(15)19)25-20(30(34,35)36)8-14(2)42(3)28(25)44/h6-8,10-11,23-24,40H,5,9,12-13H2,1-4H3,(H,41,43)/t23-,24+/m0/s1. The Morgan fingerprint density at radius 1 is 1.02 bits per heavy atom. The number of nitrogens with one attached hydrogen (secondary N) is 2. The number of amides is 1. The first-order valence-corrected chi connectivity index (χ1v) is 14.1. The summed E-state index contributed by atoms with van der Waals surface area (Å²) in [6.07, 6.45) is -10.4. The van der Waals surface area contributed by atoms with Gasteiger partial charge in [-0.3, -0.25) is 9.59 Å². The second kappa shape index (κ2) is 13.3. The molecule has 0 saturated heterocycles. The third-order valence-corrected chi connectivity index (χ3v) is 7.89. The number of ether oxygens (including phenoxy) is 2. The normalized spacial score (nSPS) is 14.4. The van der Waals surface area contributed by atoms with E-state index in [0.29, 0.717) is 23.3 Å². The average Bonchev–Trinajstić information content (AvgIpc) is 3.47. The maximum atomic E-state index is 14.9. The zero-order chi connectivity index (χ0) is 35.0. The summed E-state index contributed by atoms with van der Waals surface area (Å²) in [5.74, 6) is -5.49. The van der Waals surface area contributed by atoms with Crippen LogP contribution in [0, 0.1) is 18.6 Å². The molecule has 0 unspecified atom stereocenters. The minimum Gasteiger partial charge on any atom is -0.467 e. The average molecular weight is 676 g/mol. The van der Waals surface area contributed by atoms with Crippen molar-refractivity contribution in [1.29, 1.82) is 0 Å². The maximum Gasteiger partial charge on any atom is 0.417 e. The molecule has 1 aliphatic rings. The van der Waals surface area contributed by atoms with E-state index in [9.17, 15) is 49.5 Å². The molecule has 0 aliphatic carbocycles. The number of benzene rings is 2. The van der Waals surface area contributed by atoms with E-state index in [1.165, 1.54) is 33.0 Å². The fourth-order valence-corrected chi connectivity index (χ4v) is 5.35. The number of hydrogen-bond acceptors (Lipinski definition) is 6. The largest absolute Gasteiger partial charge is 0.467 e. The van der Waals surface area contributed by atoms with Gasteiger partial charge in [-0.15, -0.1) is 0 Å². The molecule has 47 heavy (non-hydrogen) atoms. The Kier molecular flexibility index (Phi) is 10.0. The van der Waals surface area contributed by atoms with Crippen LogP contribution in [0.25, 0.3) is 11.1 Å². The van der Waals surface area contributed by atoms with Crippen LogP contribution in [0.5, 0.6) is 0 Å². The maximum absolute atomic E-state index is 14.9. The number of hydrogen-bond donors (Lipinski definition) is 2. The second-order valence-corrected chi connectivity index (χ2v) is 10.9. The molecular formula is C31H29F8N3O5. The van der Waals surface area contributed by atoms with Crippen LogP contribution in [0.3, 0.4) is 0 Å². The summed E-state index contributed by atoms with van der Waals surface area (Å²) in [5, 5.41) is 4.13. The van der Waals surface area contributed by atoms with E-state index in [-0.39, 0.29) is 36.5 Å². The first kappa shape index (κ1) is 35.4. The highest BCUT2D eigenvalue weighted by atomic mass is 19.4. The van der Waals surface area contributed by atoms with Crippen molar-refractivity contribution in [3.8, 4) is 11.1 Å². The van der Waals surface area contributed by atoms with Crippen LogP contribution in [0.1, 0.15) is 51.7 Å². The van der Waals surface area contributed by atoms with Gasteiger partial charge in [0.1, 0.15) is 29.3 Å². The summed E-state index contributed by atoms with van der Waals surface area (Å²) in [4.78, 5) is 38.8. The van der Waals surface area contributed by atoms with Gasteiger partial charge in [0, 0.05) is 24.8 Å². The van der Waals surface area contributed by atoms with Crippen molar-refractivity contribution >= 4 is 17.6 Å². The summed E-state index contributed by atoms with van der Waals surface area (Å²) in [6, 6.07) is 0.782. The Morgan fingerprint density at radius 3 is 2.19 bits per heavy atom. The van der Waals surface area contributed by atoms with Crippen molar-refractivity contribution in [2.75, 3.05) is 12.4 Å². The van der Waals surface area contributed by atoms with Crippen molar-refractivity contribution in [1.82, 2.24) is 9.88 Å². The number of alkyl halides is 6. The molecule has 1 aliphatic heterocycles. The van der Waals surface area contributed by atoms with Crippen LogP contribution in [0.4, 0.5) is 40.8 Å². The summed E-state index contributed by atoms with van der Waals surface area (Å²) in [7, 11) is 2.31. The lowest BCUT2D eigenvalue weighted by atomic mass is 9.89. The van der Waals surface area contributed by atoms with Crippen LogP contribution >= 0.6 is 0 Å². The Labute approximate surface area is 262 Å². The summed E-state index contributed by atoms with van der Waals surface area (Å²) >= 11 is 0. The second-order valence-electron chi connectivity index (χ2n) is 10.9. The van der Waals surface area contributed by atoms with Gasteiger partial charge in [0.25, 0.3) is 11.5 Å². The van der Waals surface area contributed by atoms with Crippen LogP contribution < -0.4 is 16.2 Å². The molecule has 8 nitrogen and oxygen atoms in total. The summed E-state index contributed by atoms with van der Waals surface area (Å²) < 4.78 is 123. The Bertz CT molecular complexity index is 1740. The fourth-order valence-electron chi connectivity index (χ4n) is 5.35. The fraction of sp³-hybridized carbons (Fsp3) is 0.387. The Morgan fingerprint density at radius 2 is 1.64 bits per heavy atom. The summed E-state index contributed by atoms with van der Waals surface area (Å²) in [6.45, 7) is 2.27. The molecule has 0 bridgehead atoms. The quantitative estimate of drug-likeness (QED) is 0.215. The molecule has 1 aromatic heterocycles. The van der Waals surface area contributed by atoms with Gasteiger partial charge in [-0.05, 0) is 53.8 Å². The van der Waals surface area contributed by atoms with Gasteiger partial charge in [0.05, 0.1) is 31.5 Å². The van der Waals surface area contributed by atoms with Crippen LogP contribution in [-0.2, 0) is 47.1 Å². The van der Waals surface area contributed by atoms with Crippen molar-refractivity contribution in [3.05, 3.63) is 85.8 Å². The Hall–Kier alpha value is -4.47. The van der Waals surface area contributed by atoms with Crippen LogP contribution in [-0.4, -0.2) is 41.8 Å². The van der Waals surface area contributed by atoms with E-state index in [4.69, 9.17) is 9.47 Å². The molecular weight excluding hydrogens is 646 g/mol. The smallest absolute Gasteiger partial charge is 0.417 e. The number of carbonyl (C=O) groups excluding carboxylic acids is 2. The molecule has 0 radical (unpaired) electrons. The minimum absolute atomic E-state index is 0.0403. The molecule has 2 heterocycles. The third kappa shape index (κ3) is 7.26. The lowest BCUT2D eigenvalue weighted by Crippen LogP contribution is -2.43. The number of aromatic nitrogens is 1. The van der Waals surface area contributed by atoms with E-state index in [1.807, 2.05) is 5.32 Å². The molecule has 0 saturated carbocycles. The number of carbonyl (C=O) groups is 2. The summed E-state index contributed by atoms with van der Waals surface area (Å²) in [5.41, 5.74) is -3.46. The number of aryl methyl sites for hydroxylation is 1. The SMILES string of the molecule is CC[C@@H](Nc1cc(F)c(C(=O)N[C@@H](Cc2ccc(-c3c(C(F)(F)F)cc(C)n(C)c3=O)c3c2COC3)C(=O)OC)c(F)c1)C(F)(F)F. The molecule has 254 valence electrons. The first-order valence-electron chi connectivity index (χ1n) is 14.1. The van der Waals surface area contributed by atoms with Crippen molar-refractivity contribution in [3.63, 3.8) is 0 Å². The molecule has 1 amide bonds. The van der Waals surface area contributed by atoms with Gasteiger partial charge in [0.15, 0.2) is 0 Å². The van der Waals surface area contributed by atoms with E-state index in [1.54, 1.807) is 0 Å². The third-order valence-electron chi connectivity index (χ3n) is 7.89. The lowest BCUT2D eigenvalue weighted by molar-refractivity contribution is -0.143. The molecule has 4 rings (SSSR count). The predicted molar refractivity (Wildman–Crippen MR) is 152 cm³/mol. The topological polar surface area (TPSA) is 98.7 Å². The van der Waals surface area contributed by atoms with Crippen LogP contribution in [0.2, 0.25) is 0 Å². The van der Waals surface area contributed by atoms with Crippen molar-refractivity contribution in [2.24, 2.45) is 7.05 Å². The number of pyridine rings is 1. The number of anilines is 1. The highest BCUT2D eigenvalue weighted by molar-refractivity contribution is 5.97. The van der Waals surface area contributed by atoms with Gasteiger partial charge >= 0.3 is 18.3 Å². The van der Waals surface area contributed by atoms with Crippen LogP contribution in [0.15, 0.2) is 35.1 Å².